The lowest BCUT2D eigenvalue weighted by molar-refractivity contribution is -0.123. The molecule has 1 amide bonds. The van der Waals surface area contributed by atoms with Crippen LogP contribution in [0.25, 0.3) is 11.0 Å². The number of nitrogens with one attached hydrogen (secondary N) is 1. The fourth-order valence-corrected chi connectivity index (χ4v) is 3.00. The molecule has 1 aromatic carbocycles. The molecule has 0 aliphatic heterocycles. The van der Waals surface area contributed by atoms with E-state index in [1.165, 1.54) is 0 Å². The van der Waals surface area contributed by atoms with Crippen molar-refractivity contribution in [3.63, 3.8) is 0 Å². The highest BCUT2D eigenvalue weighted by atomic mass is 16.3. The van der Waals surface area contributed by atoms with Crippen LogP contribution in [0.4, 0.5) is 0 Å². The van der Waals surface area contributed by atoms with Crippen LogP contribution in [0.3, 0.4) is 0 Å². The molecule has 5 nitrogen and oxygen atoms in total. The fourth-order valence-electron chi connectivity index (χ4n) is 3.00. The van der Waals surface area contributed by atoms with Gasteiger partial charge in [0.25, 0.3) is 0 Å². The summed E-state index contributed by atoms with van der Waals surface area (Å²) in [6.07, 6.45) is 3.17. The predicted octanol–water partition coefficient (Wildman–Crippen LogP) is 2.83. The Hall–Kier alpha value is -1.88. The van der Waals surface area contributed by atoms with Gasteiger partial charge in [-0.1, -0.05) is 32.4 Å². The Morgan fingerprint density at radius 2 is 2.17 bits per heavy atom. The second-order valence-corrected chi connectivity index (χ2v) is 7.26. The molecule has 3 rings (SSSR count). The number of amides is 1. The molecule has 1 aliphatic carbocycles. The zero-order valence-corrected chi connectivity index (χ0v) is 14.7. The second-order valence-electron chi connectivity index (χ2n) is 7.26. The van der Waals surface area contributed by atoms with Gasteiger partial charge < -0.3 is 15.0 Å². The number of rotatable bonds is 7. The van der Waals surface area contributed by atoms with E-state index in [0.717, 1.165) is 36.1 Å². The Morgan fingerprint density at radius 3 is 2.83 bits per heavy atom. The number of imidazole rings is 1. The molecule has 24 heavy (non-hydrogen) atoms. The van der Waals surface area contributed by atoms with Crippen LogP contribution in [0.15, 0.2) is 24.3 Å². The third-order valence-electron chi connectivity index (χ3n) is 5.25. The van der Waals surface area contributed by atoms with Gasteiger partial charge in [0.15, 0.2) is 0 Å². The van der Waals surface area contributed by atoms with Gasteiger partial charge in [-0.05, 0) is 37.8 Å². The summed E-state index contributed by atoms with van der Waals surface area (Å²) >= 11 is 0. The average Bonchev–Trinajstić information content (AvgIpc) is 3.35. The van der Waals surface area contributed by atoms with Gasteiger partial charge in [-0.15, -0.1) is 0 Å². The molecule has 0 radical (unpaired) electrons. The van der Waals surface area contributed by atoms with Gasteiger partial charge in [0, 0.05) is 12.5 Å². The Labute approximate surface area is 143 Å². The monoisotopic (exact) mass is 329 g/mol. The molecule has 1 saturated carbocycles. The maximum absolute atomic E-state index is 12.4. The Kier molecular flexibility index (Phi) is 4.63. The SMILES string of the molecule is CCC(C)C(C)(O)CNC(=O)Cn1c(C2CC2)nc2ccccc21. The Balaban J connectivity index is 1.73. The number of nitrogens with zero attached hydrogens (tertiary/aromatic N) is 2. The molecule has 1 aromatic heterocycles. The summed E-state index contributed by atoms with van der Waals surface area (Å²) in [6, 6.07) is 7.95. The topological polar surface area (TPSA) is 67.2 Å². The first kappa shape index (κ1) is 17.0. The van der Waals surface area contributed by atoms with E-state index in [1.807, 2.05) is 42.7 Å². The molecule has 1 heterocycles. The lowest BCUT2D eigenvalue weighted by Gasteiger charge is -2.29. The van der Waals surface area contributed by atoms with Crippen molar-refractivity contribution < 1.29 is 9.90 Å². The van der Waals surface area contributed by atoms with Crippen molar-refractivity contribution in [1.82, 2.24) is 14.9 Å². The lowest BCUT2D eigenvalue weighted by Crippen LogP contribution is -2.45. The van der Waals surface area contributed by atoms with Crippen LogP contribution >= 0.6 is 0 Å². The number of fused-ring (bicyclic) bond motifs is 1. The number of benzene rings is 1. The van der Waals surface area contributed by atoms with E-state index < -0.39 is 5.60 Å². The summed E-state index contributed by atoms with van der Waals surface area (Å²) in [6.45, 7) is 6.35. The maximum Gasteiger partial charge on any atom is 0.240 e. The van der Waals surface area contributed by atoms with Crippen molar-refractivity contribution in [2.75, 3.05) is 6.54 Å². The van der Waals surface area contributed by atoms with Crippen LogP contribution < -0.4 is 5.32 Å². The van der Waals surface area contributed by atoms with Crippen molar-refractivity contribution in [3.8, 4) is 0 Å². The van der Waals surface area contributed by atoms with Gasteiger partial charge >= 0.3 is 0 Å². The van der Waals surface area contributed by atoms with E-state index >= 15 is 0 Å². The molecule has 1 aliphatic rings. The molecule has 2 unspecified atom stereocenters. The van der Waals surface area contributed by atoms with Crippen LogP contribution in [0.5, 0.6) is 0 Å². The van der Waals surface area contributed by atoms with Crippen molar-refractivity contribution in [1.29, 1.82) is 0 Å². The first-order valence-corrected chi connectivity index (χ1v) is 8.86. The smallest absolute Gasteiger partial charge is 0.240 e. The zero-order valence-electron chi connectivity index (χ0n) is 14.7. The van der Waals surface area contributed by atoms with E-state index in [0.29, 0.717) is 5.92 Å². The highest BCUT2D eigenvalue weighted by Crippen LogP contribution is 2.40. The molecular weight excluding hydrogens is 302 g/mol. The average molecular weight is 329 g/mol. The molecule has 0 saturated heterocycles. The van der Waals surface area contributed by atoms with Crippen LogP contribution in [0.1, 0.15) is 51.8 Å². The van der Waals surface area contributed by atoms with E-state index in [2.05, 4.69) is 5.32 Å². The summed E-state index contributed by atoms with van der Waals surface area (Å²) in [5.41, 5.74) is 1.06. The summed E-state index contributed by atoms with van der Waals surface area (Å²) in [5, 5.41) is 13.3. The quantitative estimate of drug-likeness (QED) is 0.821. The Morgan fingerprint density at radius 1 is 1.46 bits per heavy atom. The summed E-state index contributed by atoms with van der Waals surface area (Å²) in [5.74, 6) is 1.55. The first-order valence-electron chi connectivity index (χ1n) is 8.86. The summed E-state index contributed by atoms with van der Waals surface area (Å²) in [7, 11) is 0. The number of hydrogen-bond donors (Lipinski definition) is 2. The highest BCUT2D eigenvalue weighted by molar-refractivity contribution is 5.81. The van der Waals surface area contributed by atoms with Gasteiger partial charge in [0.05, 0.1) is 16.6 Å². The van der Waals surface area contributed by atoms with Crippen LogP contribution in [0, 0.1) is 5.92 Å². The normalized spacial score (nSPS) is 18.3. The molecule has 0 bridgehead atoms. The summed E-state index contributed by atoms with van der Waals surface area (Å²) < 4.78 is 2.03. The molecule has 1 fully saturated rings. The molecule has 5 heteroatoms. The second kappa shape index (κ2) is 6.55. The maximum atomic E-state index is 12.4. The van der Waals surface area contributed by atoms with E-state index in [9.17, 15) is 9.90 Å². The predicted molar refractivity (Wildman–Crippen MR) is 94.8 cm³/mol. The van der Waals surface area contributed by atoms with Crippen molar-refractivity contribution in [3.05, 3.63) is 30.1 Å². The third-order valence-corrected chi connectivity index (χ3v) is 5.25. The fraction of sp³-hybridized carbons (Fsp3) is 0.579. The van der Waals surface area contributed by atoms with Gasteiger partial charge in [-0.25, -0.2) is 4.98 Å². The van der Waals surface area contributed by atoms with Gasteiger partial charge in [-0.2, -0.15) is 0 Å². The number of para-hydroxylation sites is 2. The lowest BCUT2D eigenvalue weighted by atomic mass is 9.89. The molecule has 0 spiro atoms. The van der Waals surface area contributed by atoms with Crippen LogP contribution in [0.2, 0.25) is 0 Å². The number of aromatic nitrogens is 2. The Bertz CT molecular complexity index is 731. The van der Waals surface area contributed by atoms with Gasteiger partial charge in [0.1, 0.15) is 12.4 Å². The molecule has 2 atom stereocenters. The van der Waals surface area contributed by atoms with Crippen molar-refractivity contribution in [2.24, 2.45) is 5.92 Å². The minimum atomic E-state index is -0.888. The number of carbonyl (C=O) groups excluding carboxylic acids is 1. The zero-order chi connectivity index (χ0) is 17.3. The van der Waals surface area contributed by atoms with Crippen LogP contribution in [-0.4, -0.2) is 32.7 Å². The van der Waals surface area contributed by atoms with Gasteiger partial charge in [-0.3, -0.25) is 4.79 Å². The standard InChI is InChI=1S/C19H27N3O2/c1-4-13(2)19(3,24)12-20-17(23)11-22-16-8-6-5-7-15(16)21-18(22)14-9-10-14/h5-8,13-14,24H,4,9-12H2,1-3H3,(H,20,23). The highest BCUT2D eigenvalue weighted by Gasteiger charge is 2.31. The van der Waals surface area contributed by atoms with Crippen molar-refractivity contribution >= 4 is 16.9 Å². The molecule has 2 N–H and O–H groups in total. The van der Waals surface area contributed by atoms with Crippen LogP contribution in [-0.2, 0) is 11.3 Å². The van der Waals surface area contributed by atoms with Crippen molar-refractivity contribution in [2.45, 2.75) is 58.1 Å². The largest absolute Gasteiger partial charge is 0.388 e. The minimum Gasteiger partial charge on any atom is -0.388 e. The van der Waals surface area contributed by atoms with E-state index in [-0.39, 0.29) is 24.9 Å². The molecular formula is C19H27N3O2. The number of hydrogen-bond acceptors (Lipinski definition) is 3. The van der Waals surface area contributed by atoms with E-state index in [4.69, 9.17) is 4.98 Å². The number of aliphatic hydroxyl groups is 1. The minimum absolute atomic E-state index is 0.0800. The molecule has 130 valence electrons. The van der Waals surface area contributed by atoms with Gasteiger partial charge in [0.2, 0.25) is 5.91 Å². The number of carbonyl (C=O) groups is 1. The molecule has 2 aromatic rings. The summed E-state index contributed by atoms with van der Waals surface area (Å²) in [4.78, 5) is 17.1. The van der Waals surface area contributed by atoms with E-state index in [1.54, 1.807) is 6.92 Å². The first-order chi connectivity index (χ1) is 11.4. The third kappa shape index (κ3) is 3.46.